The number of amides is 1. The van der Waals surface area contributed by atoms with E-state index in [0.717, 1.165) is 48.3 Å². The van der Waals surface area contributed by atoms with Gasteiger partial charge in [0.05, 0.1) is 18.8 Å². The highest BCUT2D eigenvalue weighted by Gasteiger charge is 2.30. The van der Waals surface area contributed by atoms with Gasteiger partial charge in [-0.25, -0.2) is 4.79 Å². The van der Waals surface area contributed by atoms with Crippen LogP contribution in [0.1, 0.15) is 53.6 Å². The number of carbonyl (C=O) groups is 2. The zero-order valence-electron chi connectivity index (χ0n) is 21.3. The second-order valence-corrected chi connectivity index (χ2v) is 9.57. The van der Waals surface area contributed by atoms with Crippen molar-refractivity contribution < 1.29 is 24.2 Å². The van der Waals surface area contributed by atoms with Gasteiger partial charge < -0.3 is 19.5 Å². The zero-order chi connectivity index (χ0) is 26.0. The summed E-state index contributed by atoms with van der Waals surface area (Å²) >= 11 is 0. The van der Waals surface area contributed by atoms with Crippen molar-refractivity contribution in [2.24, 2.45) is 0 Å². The van der Waals surface area contributed by atoms with Gasteiger partial charge in [0.25, 0.3) is 0 Å². The number of para-hydroxylation sites is 1. The monoisotopic (exact) mass is 501 g/mol. The largest absolute Gasteiger partial charge is 0.465 e. The predicted molar refractivity (Wildman–Crippen MR) is 143 cm³/mol. The number of ether oxygens (including phenoxy) is 2. The molecule has 2 atom stereocenters. The number of methoxy groups -OCH3 is 1. The zero-order valence-corrected chi connectivity index (χ0v) is 21.3. The van der Waals surface area contributed by atoms with Crippen LogP contribution in [0.25, 0.3) is 0 Å². The van der Waals surface area contributed by atoms with Gasteiger partial charge in [0.1, 0.15) is 11.5 Å². The highest BCUT2D eigenvalue weighted by atomic mass is 16.5. The first-order chi connectivity index (χ1) is 18.0. The summed E-state index contributed by atoms with van der Waals surface area (Å²) in [6, 6.07) is 25.1. The predicted octanol–water partition coefficient (Wildman–Crippen LogP) is 5.57. The highest BCUT2D eigenvalue weighted by Crippen LogP contribution is 2.26. The van der Waals surface area contributed by atoms with Gasteiger partial charge in [-0.2, -0.15) is 0 Å². The minimum absolute atomic E-state index is 0.177. The van der Waals surface area contributed by atoms with E-state index < -0.39 is 6.10 Å². The summed E-state index contributed by atoms with van der Waals surface area (Å²) < 4.78 is 10.7. The van der Waals surface area contributed by atoms with Crippen molar-refractivity contribution >= 4 is 11.9 Å². The first-order valence-corrected chi connectivity index (χ1v) is 13.0. The van der Waals surface area contributed by atoms with Crippen LogP contribution in [0.4, 0.5) is 0 Å². The fourth-order valence-electron chi connectivity index (χ4n) is 4.90. The van der Waals surface area contributed by atoms with Crippen molar-refractivity contribution in [1.29, 1.82) is 0 Å². The van der Waals surface area contributed by atoms with Crippen LogP contribution >= 0.6 is 0 Å². The summed E-state index contributed by atoms with van der Waals surface area (Å²) in [5, 5.41) is 10.7. The van der Waals surface area contributed by atoms with Crippen molar-refractivity contribution in [3.63, 3.8) is 0 Å². The molecule has 1 fully saturated rings. The molecule has 0 bridgehead atoms. The quantitative estimate of drug-likeness (QED) is 0.328. The molecule has 3 aromatic carbocycles. The Kier molecular flexibility index (Phi) is 9.33. The van der Waals surface area contributed by atoms with Crippen LogP contribution in [-0.2, 0) is 22.4 Å². The number of aliphatic hydroxyl groups is 1. The van der Waals surface area contributed by atoms with E-state index in [2.05, 4.69) is 0 Å². The summed E-state index contributed by atoms with van der Waals surface area (Å²) in [4.78, 5) is 26.1. The van der Waals surface area contributed by atoms with Gasteiger partial charge in [0.15, 0.2) is 0 Å². The third kappa shape index (κ3) is 7.67. The SMILES string of the molecule is COC(=O)c1ccc(CCCN2C(=O)CCC2CCC(O)Cc2cccc(Oc3ccccc3)c2)cc1. The molecule has 2 unspecified atom stereocenters. The molecule has 6 nitrogen and oxygen atoms in total. The van der Waals surface area contributed by atoms with Crippen LogP contribution in [0.3, 0.4) is 0 Å². The van der Waals surface area contributed by atoms with Gasteiger partial charge in [-0.3, -0.25) is 4.79 Å². The number of aliphatic hydroxyl groups excluding tert-OH is 1. The Labute approximate surface area is 218 Å². The molecule has 1 aliphatic heterocycles. The molecule has 0 aliphatic carbocycles. The fourth-order valence-corrected chi connectivity index (χ4v) is 4.90. The van der Waals surface area contributed by atoms with Crippen LogP contribution in [0.2, 0.25) is 0 Å². The van der Waals surface area contributed by atoms with Crippen LogP contribution in [-0.4, -0.2) is 47.7 Å². The second kappa shape index (κ2) is 13.1. The van der Waals surface area contributed by atoms with E-state index in [-0.39, 0.29) is 17.9 Å². The lowest BCUT2D eigenvalue weighted by atomic mass is 10.00. The Bertz CT molecular complexity index is 1160. The molecular weight excluding hydrogens is 466 g/mol. The molecule has 1 amide bonds. The lowest BCUT2D eigenvalue weighted by Crippen LogP contribution is -2.34. The molecule has 0 saturated carbocycles. The van der Waals surface area contributed by atoms with Crippen LogP contribution in [0.5, 0.6) is 11.5 Å². The van der Waals surface area contributed by atoms with Crippen molar-refractivity contribution in [1.82, 2.24) is 4.90 Å². The molecule has 0 spiro atoms. The fraction of sp³-hybridized carbons (Fsp3) is 0.355. The molecule has 0 radical (unpaired) electrons. The summed E-state index contributed by atoms with van der Waals surface area (Å²) in [5.74, 6) is 1.39. The Morgan fingerprint density at radius 2 is 1.76 bits per heavy atom. The smallest absolute Gasteiger partial charge is 0.337 e. The number of nitrogens with zero attached hydrogens (tertiary/aromatic N) is 1. The number of rotatable bonds is 12. The maximum absolute atomic E-state index is 12.5. The average Bonchev–Trinajstić information content (AvgIpc) is 3.27. The van der Waals surface area contributed by atoms with E-state index in [9.17, 15) is 14.7 Å². The summed E-state index contributed by atoms with van der Waals surface area (Å²) in [7, 11) is 1.37. The van der Waals surface area contributed by atoms with Gasteiger partial charge in [-0.15, -0.1) is 0 Å². The number of esters is 1. The number of likely N-dealkylation sites (tertiary alicyclic amines) is 1. The van der Waals surface area contributed by atoms with E-state index in [1.807, 2.05) is 71.6 Å². The van der Waals surface area contributed by atoms with Crippen LogP contribution in [0, 0.1) is 0 Å². The number of hydrogen-bond acceptors (Lipinski definition) is 5. The van der Waals surface area contributed by atoms with E-state index in [1.54, 1.807) is 12.1 Å². The summed E-state index contributed by atoms with van der Waals surface area (Å²) in [5.41, 5.74) is 2.69. The Hall–Kier alpha value is -3.64. The molecule has 0 aromatic heterocycles. The van der Waals surface area contributed by atoms with Crippen molar-refractivity contribution in [3.05, 3.63) is 95.6 Å². The van der Waals surface area contributed by atoms with Gasteiger partial charge >= 0.3 is 5.97 Å². The van der Waals surface area contributed by atoms with Crippen molar-refractivity contribution in [2.75, 3.05) is 13.7 Å². The maximum Gasteiger partial charge on any atom is 0.337 e. The molecule has 3 aromatic rings. The van der Waals surface area contributed by atoms with Crippen LogP contribution in [0.15, 0.2) is 78.9 Å². The molecule has 37 heavy (non-hydrogen) atoms. The first-order valence-electron chi connectivity index (χ1n) is 13.0. The summed E-state index contributed by atoms with van der Waals surface area (Å²) in [6.45, 7) is 0.706. The van der Waals surface area contributed by atoms with E-state index >= 15 is 0 Å². The maximum atomic E-state index is 12.5. The third-order valence-corrected chi connectivity index (χ3v) is 6.87. The van der Waals surface area contributed by atoms with Gasteiger partial charge in [-0.05, 0) is 86.1 Å². The van der Waals surface area contributed by atoms with Gasteiger partial charge in [-0.1, -0.05) is 42.5 Å². The van der Waals surface area contributed by atoms with Gasteiger partial charge in [0.2, 0.25) is 5.91 Å². The van der Waals surface area contributed by atoms with Crippen molar-refractivity contribution in [3.8, 4) is 11.5 Å². The van der Waals surface area contributed by atoms with E-state index in [0.29, 0.717) is 31.4 Å². The molecule has 1 N–H and O–H groups in total. The normalized spacial score (nSPS) is 16.0. The van der Waals surface area contributed by atoms with E-state index in [4.69, 9.17) is 9.47 Å². The lowest BCUT2D eigenvalue weighted by Gasteiger charge is -2.26. The Morgan fingerprint density at radius 3 is 2.51 bits per heavy atom. The molecule has 1 heterocycles. The molecule has 4 rings (SSSR count). The Morgan fingerprint density at radius 1 is 1.00 bits per heavy atom. The number of aryl methyl sites for hydroxylation is 1. The topological polar surface area (TPSA) is 76.1 Å². The molecular formula is C31H35NO5. The first kappa shape index (κ1) is 26.4. The molecule has 6 heteroatoms. The second-order valence-electron chi connectivity index (χ2n) is 9.57. The number of benzene rings is 3. The lowest BCUT2D eigenvalue weighted by molar-refractivity contribution is -0.129. The number of hydrogen-bond donors (Lipinski definition) is 1. The molecule has 1 saturated heterocycles. The molecule has 1 aliphatic rings. The standard InChI is InChI=1S/C31H35NO5/c1-36-31(35)25-14-12-23(13-15-25)8-6-20-32-26(17-19-30(32)34)16-18-27(33)21-24-7-5-11-29(22-24)37-28-9-3-2-4-10-28/h2-5,7,9-15,22,26-27,33H,6,8,16-21H2,1H3. The van der Waals surface area contributed by atoms with Crippen molar-refractivity contribution in [2.45, 2.75) is 57.1 Å². The summed E-state index contributed by atoms with van der Waals surface area (Å²) in [6.07, 6.45) is 4.63. The average molecular weight is 502 g/mol. The third-order valence-electron chi connectivity index (χ3n) is 6.87. The number of carbonyl (C=O) groups excluding carboxylic acids is 2. The molecule has 194 valence electrons. The highest BCUT2D eigenvalue weighted by molar-refractivity contribution is 5.89. The minimum Gasteiger partial charge on any atom is -0.465 e. The Balaban J connectivity index is 1.23. The van der Waals surface area contributed by atoms with Crippen LogP contribution < -0.4 is 4.74 Å². The van der Waals surface area contributed by atoms with Gasteiger partial charge in [0, 0.05) is 19.0 Å². The van der Waals surface area contributed by atoms with E-state index in [1.165, 1.54) is 7.11 Å². The minimum atomic E-state index is -0.474.